The molecule has 0 saturated heterocycles. The quantitative estimate of drug-likeness (QED) is 0.0297. The maximum Gasteiger partial charge on any atom is 0.343 e. The first kappa shape index (κ1) is 43.7. The van der Waals surface area contributed by atoms with Crippen molar-refractivity contribution >= 4 is 35.8 Å². The van der Waals surface area contributed by atoms with Gasteiger partial charge in [0.1, 0.15) is 28.6 Å². The monoisotopic (exact) mass is 772 g/mol. The van der Waals surface area contributed by atoms with Gasteiger partial charge in [0.2, 0.25) is 0 Å². The van der Waals surface area contributed by atoms with Crippen LogP contribution >= 0.6 is 0 Å². The Hall–Kier alpha value is -6.70. The second-order valence-electron chi connectivity index (χ2n) is 11.6. The fourth-order valence-corrected chi connectivity index (χ4v) is 4.45. The maximum atomic E-state index is 13.2. The van der Waals surface area contributed by atoms with Crippen LogP contribution in [-0.2, 0) is 33.3 Å². The average molecular weight is 773 g/mol. The number of benzene rings is 3. The molecule has 0 aliphatic heterocycles. The Kier molecular flexibility index (Phi) is 19.2. The highest BCUT2D eigenvalue weighted by Gasteiger charge is 2.21. The van der Waals surface area contributed by atoms with E-state index in [2.05, 4.69) is 19.7 Å². The summed E-state index contributed by atoms with van der Waals surface area (Å²) in [6.45, 7) is 11.3. The van der Waals surface area contributed by atoms with Crippen molar-refractivity contribution < 1.29 is 66.7 Å². The second-order valence-corrected chi connectivity index (χ2v) is 11.6. The van der Waals surface area contributed by atoms with Gasteiger partial charge < -0.3 is 37.9 Å². The van der Waals surface area contributed by atoms with Crippen molar-refractivity contribution in [1.82, 2.24) is 0 Å². The fourth-order valence-electron chi connectivity index (χ4n) is 4.45. The molecule has 0 aromatic heterocycles. The third-order valence-corrected chi connectivity index (χ3v) is 7.38. The molecule has 0 heterocycles. The Morgan fingerprint density at radius 3 is 1.23 bits per heavy atom. The summed E-state index contributed by atoms with van der Waals surface area (Å²) in [6, 6.07) is 16.3. The van der Waals surface area contributed by atoms with Crippen LogP contribution in [0.5, 0.6) is 23.0 Å². The summed E-state index contributed by atoms with van der Waals surface area (Å²) in [5.41, 5.74) is 0.189. The third-order valence-electron chi connectivity index (χ3n) is 7.38. The number of hydrogen-bond acceptors (Lipinski definition) is 14. The molecule has 56 heavy (non-hydrogen) atoms. The van der Waals surface area contributed by atoms with E-state index >= 15 is 0 Å². The smallest absolute Gasteiger partial charge is 0.343 e. The minimum absolute atomic E-state index is 0.0177. The topological polar surface area (TPSA) is 176 Å². The van der Waals surface area contributed by atoms with E-state index in [1.165, 1.54) is 42.5 Å². The number of rotatable bonds is 25. The molecule has 0 bridgehead atoms. The number of esters is 6. The summed E-state index contributed by atoms with van der Waals surface area (Å²) in [5.74, 6) is -3.03. The first-order valence-electron chi connectivity index (χ1n) is 17.7. The summed E-state index contributed by atoms with van der Waals surface area (Å²) in [4.78, 5) is 72.8. The molecule has 0 spiro atoms. The first-order chi connectivity index (χ1) is 27.1. The highest BCUT2D eigenvalue weighted by molar-refractivity contribution is 5.97. The van der Waals surface area contributed by atoms with Gasteiger partial charge in [-0.2, -0.15) is 0 Å². The summed E-state index contributed by atoms with van der Waals surface area (Å²) < 4.78 is 42.6. The van der Waals surface area contributed by atoms with E-state index in [0.717, 1.165) is 18.2 Å². The Bertz CT molecular complexity index is 1810. The normalized spacial score (nSPS) is 10.2. The fraction of sp³-hybridized carbons (Fsp3) is 0.286. The maximum absolute atomic E-state index is 13.2. The van der Waals surface area contributed by atoms with Gasteiger partial charge in [0.15, 0.2) is 0 Å². The number of ether oxygens (including phenoxy) is 8. The zero-order chi connectivity index (χ0) is 40.5. The number of unbranched alkanes of at least 4 members (excludes halogenated alkanes) is 3. The van der Waals surface area contributed by atoms with Gasteiger partial charge in [-0.1, -0.05) is 19.7 Å². The predicted molar refractivity (Wildman–Crippen MR) is 202 cm³/mol. The Morgan fingerprint density at radius 2 is 0.804 bits per heavy atom. The predicted octanol–water partition coefficient (Wildman–Crippen LogP) is 6.57. The lowest BCUT2D eigenvalue weighted by atomic mass is 10.1. The molecule has 0 fully saturated rings. The van der Waals surface area contributed by atoms with E-state index in [1.54, 1.807) is 24.3 Å². The molecule has 0 aliphatic rings. The SMILES string of the molecule is C=CC(=O)OCCCCOC(=O)c1cc(OC(=O)c2ccc(OCCCCOC(=O)C=C)cc2)ccc1OC(=O)c1ccc(OCCCCOC(=O)C=C)cc1. The van der Waals surface area contributed by atoms with Crippen molar-refractivity contribution in [3.05, 3.63) is 121 Å². The van der Waals surface area contributed by atoms with Crippen molar-refractivity contribution in [3.8, 4) is 23.0 Å². The van der Waals surface area contributed by atoms with Crippen LogP contribution in [0.2, 0.25) is 0 Å². The van der Waals surface area contributed by atoms with Crippen molar-refractivity contribution in [1.29, 1.82) is 0 Å². The van der Waals surface area contributed by atoms with Gasteiger partial charge in [0, 0.05) is 18.2 Å². The van der Waals surface area contributed by atoms with E-state index in [-0.39, 0.29) is 54.6 Å². The zero-order valence-corrected chi connectivity index (χ0v) is 30.9. The second kappa shape index (κ2) is 24.6. The molecule has 296 valence electrons. The van der Waals surface area contributed by atoms with Crippen LogP contribution in [0.4, 0.5) is 0 Å². The van der Waals surface area contributed by atoms with Crippen LogP contribution in [0.1, 0.15) is 69.6 Å². The van der Waals surface area contributed by atoms with Crippen molar-refractivity contribution in [2.45, 2.75) is 38.5 Å². The number of carbonyl (C=O) groups is 6. The van der Waals surface area contributed by atoms with Crippen LogP contribution < -0.4 is 18.9 Å². The highest BCUT2D eigenvalue weighted by atomic mass is 16.6. The van der Waals surface area contributed by atoms with E-state index in [4.69, 9.17) is 37.9 Å². The lowest BCUT2D eigenvalue weighted by molar-refractivity contribution is -0.138. The molecular formula is C42H44O14. The summed E-state index contributed by atoms with van der Waals surface area (Å²) >= 11 is 0. The van der Waals surface area contributed by atoms with Crippen molar-refractivity contribution in [2.24, 2.45) is 0 Å². The van der Waals surface area contributed by atoms with Crippen molar-refractivity contribution in [2.75, 3.05) is 39.6 Å². The van der Waals surface area contributed by atoms with Gasteiger partial charge in [-0.15, -0.1) is 0 Å². The van der Waals surface area contributed by atoms with Crippen LogP contribution in [0.3, 0.4) is 0 Å². The summed E-state index contributed by atoms with van der Waals surface area (Å²) in [7, 11) is 0. The molecule has 14 heteroatoms. The standard InChI is InChI=1S/C42H44O14/c1-4-37(43)51-25-9-7-23-49-32-17-13-30(14-18-32)40(46)55-34-21-22-36(35(29-34)42(48)54-28-12-11-27-53-39(45)6-3)56-41(47)31-15-19-33(20-16-31)50-24-8-10-26-52-38(44)5-2/h4-6,13-22,29H,1-3,7-12,23-28H2. The van der Waals surface area contributed by atoms with Crippen LogP contribution in [0, 0.1) is 0 Å². The molecule has 0 amide bonds. The summed E-state index contributed by atoms with van der Waals surface area (Å²) in [6.07, 6.45) is 6.48. The van der Waals surface area contributed by atoms with Gasteiger partial charge >= 0.3 is 35.8 Å². The first-order valence-corrected chi connectivity index (χ1v) is 17.7. The van der Waals surface area contributed by atoms with Gasteiger partial charge in [-0.25, -0.2) is 28.8 Å². The van der Waals surface area contributed by atoms with E-state index in [9.17, 15) is 28.8 Å². The molecule has 3 rings (SSSR count). The molecule has 0 atom stereocenters. The van der Waals surface area contributed by atoms with Gasteiger partial charge in [0.25, 0.3) is 0 Å². The molecule has 0 aliphatic carbocycles. The third kappa shape index (κ3) is 16.1. The largest absolute Gasteiger partial charge is 0.494 e. The van der Waals surface area contributed by atoms with E-state index < -0.39 is 35.8 Å². The molecule has 3 aromatic carbocycles. The average Bonchev–Trinajstić information content (AvgIpc) is 3.22. The lowest BCUT2D eigenvalue weighted by Gasteiger charge is -2.13. The van der Waals surface area contributed by atoms with E-state index in [0.29, 0.717) is 63.2 Å². The molecule has 0 unspecified atom stereocenters. The highest BCUT2D eigenvalue weighted by Crippen LogP contribution is 2.28. The van der Waals surface area contributed by atoms with Crippen molar-refractivity contribution in [3.63, 3.8) is 0 Å². The Morgan fingerprint density at radius 1 is 0.429 bits per heavy atom. The van der Waals surface area contributed by atoms with Crippen LogP contribution in [0.15, 0.2) is 105 Å². The van der Waals surface area contributed by atoms with Gasteiger partial charge in [-0.05, 0) is 105 Å². The Balaban J connectivity index is 1.62. The van der Waals surface area contributed by atoms with E-state index in [1.807, 2.05) is 0 Å². The molecule has 0 N–H and O–H groups in total. The number of hydrogen-bond donors (Lipinski definition) is 0. The zero-order valence-electron chi connectivity index (χ0n) is 30.9. The van der Waals surface area contributed by atoms with Gasteiger partial charge in [-0.3, -0.25) is 0 Å². The van der Waals surface area contributed by atoms with Crippen LogP contribution in [0.25, 0.3) is 0 Å². The molecular weight excluding hydrogens is 728 g/mol. The molecule has 14 nitrogen and oxygen atoms in total. The number of carbonyl (C=O) groups excluding carboxylic acids is 6. The lowest BCUT2D eigenvalue weighted by Crippen LogP contribution is -2.15. The Labute approximate surface area is 324 Å². The molecule has 3 aromatic rings. The minimum Gasteiger partial charge on any atom is -0.494 e. The molecule has 0 saturated carbocycles. The van der Waals surface area contributed by atoms with Crippen LogP contribution in [-0.4, -0.2) is 75.5 Å². The summed E-state index contributed by atoms with van der Waals surface area (Å²) in [5, 5.41) is 0. The minimum atomic E-state index is -0.850. The van der Waals surface area contributed by atoms with Gasteiger partial charge in [0.05, 0.1) is 50.8 Å². The molecule has 0 radical (unpaired) electrons.